The maximum absolute atomic E-state index is 5.20. The molecule has 94 valence electrons. The van der Waals surface area contributed by atoms with Crippen molar-refractivity contribution in [2.75, 3.05) is 12.4 Å². The van der Waals surface area contributed by atoms with Crippen LogP contribution in [0.2, 0.25) is 0 Å². The molecule has 1 N–H and O–H groups in total. The van der Waals surface area contributed by atoms with Crippen LogP contribution in [0.4, 0.5) is 5.95 Å². The molecule has 0 unspecified atom stereocenters. The molecule has 4 nitrogen and oxygen atoms in total. The number of nitrogens with one attached hydrogen (secondary N) is 1. The Hall–Kier alpha value is -2.10. The molecule has 4 heteroatoms. The highest BCUT2D eigenvalue weighted by atomic mass is 16.5. The Balaban J connectivity index is 2.22. The van der Waals surface area contributed by atoms with E-state index in [-0.39, 0.29) is 0 Å². The summed E-state index contributed by atoms with van der Waals surface area (Å²) in [6, 6.07) is 8.17. The van der Waals surface area contributed by atoms with Crippen LogP contribution >= 0.6 is 0 Å². The van der Waals surface area contributed by atoms with Gasteiger partial charge in [-0.05, 0) is 31.5 Å². The zero-order chi connectivity index (χ0) is 13.0. The highest BCUT2D eigenvalue weighted by Crippen LogP contribution is 2.22. The second kappa shape index (κ2) is 5.49. The van der Waals surface area contributed by atoms with E-state index in [9.17, 15) is 0 Å². The lowest BCUT2D eigenvalue weighted by Gasteiger charge is -2.08. The van der Waals surface area contributed by atoms with Gasteiger partial charge in [0.15, 0.2) is 0 Å². The zero-order valence-electron chi connectivity index (χ0n) is 10.8. The van der Waals surface area contributed by atoms with E-state index in [2.05, 4.69) is 29.1 Å². The number of ether oxygens (including phenoxy) is 1. The lowest BCUT2D eigenvalue weighted by Crippen LogP contribution is -2.12. The van der Waals surface area contributed by atoms with E-state index in [0.29, 0.717) is 12.0 Å². The fourth-order valence-corrected chi connectivity index (χ4v) is 1.61. The van der Waals surface area contributed by atoms with Crippen LogP contribution in [0, 0.1) is 0 Å². The maximum Gasteiger partial charge on any atom is 0.222 e. The van der Waals surface area contributed by atoms with Gasteiger partial charge in [-0.15, -0.1) is 0 Å². The van der Waals surface area contributed by atoms with E-state index in [0.717, 1.165) is 16.9 Å². The monoisotopic (exact) mass is 243 g/mol. The largest absolute Gasteiger partial charge is 0.497 e. The first-order valence-electron chi connectivity index (χ1n) is 5.92. The summed E-state index contributed by atoms with van der Waals surface area (Å²) in [7, 11) is 1.66. The van der Waals surface area contributed by atoms with Crippen molar-refractivity contribution in [2.24, 2.45) is 0 Å². The van der Waals surface area contributed by atoms with E-state index in [4.69, 9.17) is 4.74 Å². The number of benzene rings is 1. The molecular weight excluding hydrogens is 226 g/mol. The van der Waals surface area contributed by atoms with Gasteiger partial charge in [-0.25, -0.2) is 9.97 Å². The number of nitrogens with zero attached hydrogens (tertiary/aromatic N) is 2. The Bertz CT molecular complexity index is 509. The first kappa shape index (κ1) is 12.4. The summed E-state index contributed by atoms with van der Waals surface area (Å²) in [5.74, 6) is 1.48. The van der Waals surface area contributed by atoms with Crippen LogP contribution in [0.5, 0.6) is 5.75 Å². The zero-order valence-corrected chi connectivity index (χ0v) is 10.8. The Morgan fingerprint density at radius 2 is 1.83 bits per heavy atom. The standard InChI is InChI=1S/C14H17N3O/c1-10(2)17-14-15-8-12(9-16-14)11-5-4-6-13(7-11)18-3/h4-10H,1-3H3,(H,15,16,17). The van der Waals surface area contributed by atoms with Crippen molar-refractivity contribution in [1.29, 1.82) is 0 Å². The molecule has 0 saturated heterocycles. The molecule has 0 aliphatic rings. The first-order valence-corrected chi connectivity index (χ1v) is 5.92. The minimum Gasteiger partial charge on any atom is -0.497 e. The van der Waals surface area contributed by atoms with Crippen molar-refractivity contribution in [3.63, 3.8) is 0 Å². The van der Waals surface area contributed by atoms with Crippen molar-refractivity contribution < 1.29 is 4.74 Å². The van der Waals surface area contributed by atoms with E-state index < -0.39 is 0 Å². The van der Waals surface area contributed by atoms with Gasteiger partial charge in [0.2, 0.25) is 5.95 Å². The quantitative estimate of drug-likeness (QED) is 0.896. The van der Waals surface area contributed by atoms with Crippen LogP contribution in [-0.4, -0.2) is 23.1 Å². The van der Waals surface area contributed by atoms with Crippen molar-refractivity contribution in [1.82, 2.24) is 9.97 Å². The van der Waals surface area contributed by atoms with Crippen LogP contribution < -0.4 is 10.1 Å². The lowest BCUT2D eigenvalue weighted by atomic mass is 10.1. The van der Waals surface area contributed by atoms with Gasteiger partial charge in [0, 0.05) is 24.0 Å². The first-order chi connectivity index (χ1) is 8.69. The van der Waals surface area contributed by atoms with Gasteiger partial charge in [0.05, 0.1) is 7.11 Å². The van der Waals surface area contributed by atoms with Crippen LogP contribution in [0.25, 0.3) is 11.1 Å². The third-order valence-corrected chi connectivity index (χ3v) is 2.47. The molecule has 0 saturated carbocycles. The molecule has 1 heterocycles. The summed E-state index contributed by atoms with van der Waals surface area (Å²) in [5.41, 5.74) is 2.02. The van der Waals surface area contributed by atoms with E-state index in [1.165, 1.54) is 0 Å². The van der Waals surface area contributed by atoms with Crippen LogP contribution in [-0.2, 0) is 0 Å². The van der Waals surface area contributed by atoms with Gasteiger partial charge < -0.3 is 10.1 Å². The van der Waals surface area contributed by atoms with Crippen LogP contribution in [0.15, 0.2) is 36.7 Å². The third kappa shape index (κ3) is 2.97. The molecule has 1 aromatic heterocycles. The molecule has 0 aliphatic carbocycles. The summed E-state index contributed by atoms with van der Waals surface area (Å²) >= 11 is 0. The number of rotatable bonds is 4. The summed E-state index contributed by atoms with van der Waals surface area (Å²) < 4.78 is 5.20. The molecule has 0 spiro atoms. The molecule has 0 radical (unpaired) electrons. The topological polar surface area (TPSA) is 47.0 Å². The van der Waals surface area contributed by atoms with Crippen molar-refractivity contribution >= 4 is 5.95 Å². The summed E-state index contributed by atoms with van der Waals surface area (Å²) in [6.07, 6.45) is 3.62. The van der Waals surface area contributed by atoms with Gasteiger partial charge in [-0.1, -0.05) is 12.1 Å². The number of hydrogen-bond donors (Lipinski definition) is 1. The molecular formula is C14H17N3O. The van der Waals surface area contributed by atoms with Gasteiger partial charge in [-0.2, -0.15) is 0 Å². The SMILES string of the molecule is COc1cccc(-c2cnc(NC(C)C)nc2)c1. The smallest absolute Gasteiger partial charge is 0.222 e. The molecule has 0 bridgehead atoms. The Morgan fingerprint density at radius 1 is 1.11 bits per heavy atom. The van der Waals surface area contributed by atoms with Gasteiger partial charge in [-0.3, -0.25) is 0 Å². The molecule has 0 amide bonds. The Labute approximate surface area is 107 Å². The summed E-state index contributed by atoms with van der Waals surface area (Å²) in [4.78, 5) is 8.58. The predicted molar refractivity (Wildman–Crippen MR) is 72.8 cm³/mol. The van der Waals surface area contributed by atoms with Gasteiger partial charge in [0.25, 0.3) is 0 Å². The third-order valence-electron chi connectivity index (χ3n) is 2.47. The van der Waals surface area contributed by atoms with Crippen molar-refractivity contribution in [3.8, 4) is 16.9 Å². The lowest BCUT2D eigenvalue weighted by molar-refractivity contribution is 0.415. The van der Waals surface area contributed by atoms with E-state index in [1.54, 1.807) is 7.11 Å². The number of anilines is 1. The normalized spacial score (nSPS) is 10.4. The van der Waals surface area contributed by atoms with E-state index in [1.807, 2.05) is 36.7 Å². The average Bonchev–Trinajstić information content (AvgIpc) is 2.39. The average molecular weight is 243 g/mol. The molecule has 1 aromatic carbocycles. The minimum absolute atomic E-state index is 0.327. The second-order valence-electron chi connectivity index (χ2n) is 4.33. The van der Waals surface area contributed by atoms with Crippen LogP contribution in [0.3, 0.4) is 0 Å². The Kier molecular flexibility index (Phi) is 3.77. The molecule has 18 heavy (non-hydrogen) atoms. The summed E-state index contributed by atoms with van der Waals surface area (Å²) in [5, 5.41) is 3.16. The molecule has 0 atom stereocenters. The summed E-state index contributed by atoms with van der Waals surface area (Å²) in [6.45, 7) is 4.11. The molecule has 0 aliphatic heterocycles. The van der Waals surface area contributed by atoms with Gasteiger partial charge >= 0.3 is 0 Å². The Morgan fingerprint density at radius 3 is 2.44 bits per heavy atom. The van der Waals surface area contributed by atoms with Gasteiger partial charge in [0.1, 0.15) is 5.75 Å². The molecule has 0 fully saturated rings. The molecule has 2 rings (SSSR count). The van der Waals surface area contributed by atoms with E-state index >= 15 is 0 Å². The highest BCUT2D eigenvalue weighted by Gasteiger charge is 2.02. The molecule has 2 aromatic rings. The minimum atomic E-state index is 0.327. The van der Waals surface area contributed by atoms with Crippen molar-refractivity contribution in [3.05, 3.63) is 36.7 Å². The second-order valence-corrected chi connectivity index (χ2v) is 4.33. The maximum atomic E-state index is 5.20. The number of methoxy groups -OCH3 is 1. The predicted octanol–water partition coefficient (Wildman–Crippen LogP) is 2.97. The fourth-order valence-electron chi connectivity index (χ4n) is 1.61. The van der Waals surface area contributed by atoms with Crippen molar-refractivity contribution in [2.45, 2.75) is 19.9 Å². The number of aromatic nitrogens is 2. The highest BCUT2D eigenvalue weighted by molar-refractivity contribution is 5.63. The fraction of sp³-hybridized carbons (Fsp3) is 0.286. The number of hydrogen-bond acceptors (Lipinski definition) is 4. The van der Waals surface area contributed by atoms with Crippen LogP contribution in [0.1, 0.15) is 13.8 Å².